The first-order valence-electron chi connectivity index (χ1n) is 4.10. The number of rotatable bonds is 4. The molecule has 0 bridgehead atoms. The van der Waals surface area contributed by atoms with Crippen LogP contribution in [0.4, 0.5) is 0 Å². The number of carbonyl (C=O) groups is 4. The Hall–Kier alpha value is -1.72. The quantitative estimate of drug-likeness (QED) is 0.353. The van der Waals surface area contributed by atoms with Crippen LogP contribution in [-0.2, 0) is 23.9 Å². The summed E-state index contributed by atoms with van der Waals surface area (Å²) in [6, 6.07) is 0. The fraction of sp³-hybridized carbons (Fsp3) is 0.500. The number of amides is 2. The van der Waals surface area contributed by atoms with Crippen molar-refractivity contribution in [2.24, 2.45) is 0 Å². The minimum Gasteiger partial charge on any atom is -0.452 e. The lowest BCUT2D eigenvalue weighted by atomic mass is 10.3. The maximum absolute atomic E-state index is 10.9. The van der Waals surface area contributed by atoms with E-state index in [1.807, 2.05) is 5.32 Å². The molecule has 0 aromatic carbocycles. The predicted octanol–water partition coefficient (Wildman–Crippen LogP) is -1.08. The van der Waals surface area contributed by atoms with Crippen molar-refractivity contribution in [3.63, 3.8) is 0 Å². The van der Waals surface area contributed by atoms with Gasteiger partial charge in [-0.3, -0.25) is 19.7 Å². The summed E-state index contributed by atoms with van der Waals surface area (Å²) in [6.45, 7) is 0. The zero-order valence-corrected chi connectivity index (χ0v) is 7.32. The van der Waals surface area contributed by atoms with Crippen molar-refractivity contribution in [3.05, 3.63) is 0 Å². The summed E-state index contributed by atoms with van der Waals surface area (Å²) < 4.78 is 4.67. The topological polar surface area (TPSA) is 89.5 Å². The molecule has 0 radical (unpaired) electrons. The van der Waals surface area contributed by atoms with E-state index in [9.17, 15) is 19.2 Å². The van der Waals surface area contributed by atoms with Crippen molar-refractivity contribution in [1.82, 2.24) is 5.32 Å². The van der Waals surface area contributed by atoms with Crippen molar-refractivity contribution < 1.29 is 23.9 Å². The Balaban J connectivity index is 2.37. The van der Waals surface area contributed by atoms with E-state index in [0.717, 1.165) is 0 Å². The average Bonchev–Trinajstić information content (AvgIpc) is 2.42. The van der Waals surface area contributed by atoms with Crippen LogP contribution >= 0.6 is 0 Å². The minimum absolute atomic E-state index is 0.0567. The maximum atomic E-state index is 10.9. The van der Waals surface area contributed by atoms with Gasteiger partial charge in [-0.1, -0.05) is 0 Å². The van der Waals surface area contributed by atoms with E-state index < -0.39 is 23.9 Å². The molecule has 1 saturated heterocycles. The van der Waals surface area contributed by atoms with Gasteiger partial charge < -0.3 is 9.53 Å². The molecule has 1 N–H and O–H groups in total. The molecule has 0 aromatic heterocycles. The molecule has 0 saturated carbocycles. The van der Waals surface area contributed by atoms with Crippen LogP contribution in [0.1, 0.15) is 19.3 Å². The molecular weight excluding hydrogens is 190 g/mol. The monoisotopic (exact) mass is 199 g/mol. The summed E-state index contributed by atoms with van der Waals surface area (Å²) in [5, 5.41) is 2.00. The van der Waals surface area contributed by atoms with E-state index in [1.165, 1.54) is 0 Å². The normalized spacial score (nSPS) is 20.4. The van der Waals surface area contributed by atoms with Gasteiger partial charge in [0.25, 0.3) is 5.91 Å². The van der Waals surface area contributed by atoms with Gasteiger partial charge in [-0.2, -0.15) is 0 Å². The van der Waals surface area contributed by atoms with E-state index in [2.05, 4.69) is 4.74 Å². The van der Waals surface area contributed by atoms with Crippen LogP contribution < -0.4 is 5.32 Å². The van der Waals surface area contributed by atoms with Gasteiger partial charge in [0.1, 0.15) is 6.29 Å². The Morgan fingerprint density at radius 3 is 2.79 bits per heavy atom. The van der Waals surface area contributed by atoms with E-state index in [1.54, 1.807) is 0 Å². The van der Waals surface area contributed by atoms with Crippen LogP contribution in [0.15, 0.2) is 0 Å². The van der Waals surface area contributed by atoms with Crippen molar-refractivity contribution in [3.8, 4) is 0 Å². The van der Waals surface area contributed by atoms with Gasteiger partial charge in [0, 0.05) is 6.42 Å². The van der Waals surface area contributed by atoms with E-state index >= 15 is 0 Å². The Labute approximate surface area is 79.6 Å². The fourth-order valence-electron chi connectivity index (χ4n) is 1.02. The second-order valence-corrected chi connectivity index (χ2v) is 2.80. The largest absolute Gasteiger partial charge is 0.452 e. The third-order valence-corrected chi connectivity index (χ3v) is 1.67. The molecule has 76 valence electrons. The van der Waals surface area contributed by atoms with Gasteiger partial charge in [0.05, 0.1) is 12.8 Å². The molecule has 0 spiro atoms. The molecule has 1 aliphatic heterocycles. The molecule has 1 fully saturated rings. The zero-order valence-electron chi connectivity index (χ0n) is 7.32. The SMILES string of the molecule is O=CCCC(=O)OC1CC(=O)NC1=O. The van der Waals surface area contributed by atoms with Crippen LogP contribution in [0.3, 0.4) is 0 Å². The summed E-state index contributed by atoms with van der Waals surface area (Å²) in [7, 11) is 0. The van der Waals surface area contributed by atoms with Gasteiger partial charge in [0.2, 0.25) is 5.91 Å². The summed E-state index contributed by atoms with van der Waals surface area (Å²) in [5.74, 6) is -1.70. The molecular formula is C8H9NO5. The smallest absolute Gasteiger partial charge is 0.307 e. The van der Waals surface area contributed by atoms with Crippen molar-refractivity contribution in [2.45, 2.75) is 25.4 Å². The van der Waals surface area contributed by atoms with Gasteiger partial charge >= 0.3 is 5.97 Å². The highest BCUT2D eigenvalue weighted by Gasteiger charge is 2.33. The third kappa shape index (κ3) is 2.65. The number of ether oxygens (including phenoxy) is 1. The molecule has 1 atom stereocenters. The first-order chi connectivity index (χ1) is 6.63. The van der Waals surface area contributed by atoms with Crippen LogP contribution in [0.2, 0.25) is 0 Å². The predicted molar refractivity (Wildman–Crippen MR) is 42.9 cm³/mol. The number of imide groups is 1. The number of hydrogen-bond donors (Lipinski definition) is 1. The van der Waals surface area contributed by atoms with Gasteiger partial charge in [-0.25, -0.2) is 0 Å². The molecule has 6 heteroatoms. The molecule has 14 heavy (non-hydrogen) atoms. The van der Waals surface area contributed by atoms with Crippen molar-refractivity contribution in [1.29, 1.82) is 0 Å². The minimum atomic E-state index is -1.03. The zero-order chi connectivity index (χ0) is 10.6. The van der Waals surface area contributed by atoms with E-state index in [0.29, 0.717) is 6.29 Å². The van der Waals surface area contributed by atoms with Crippen LogP contribution in [0.5, 0.6) is 0 Å². The van der Waals surface area contributed by atoms with E-state index in [4.69, 9.17) is 0 Å². The summed E-state index contributed by atoms with van der Waals surface area (Å²) in [6.07, 6.45) is -0.586. The molecule has 1 unspecified atom stereocenters. The molecule has 0 aliphatic carbocycles. The standard InChI is InChI=1S/C8H9NO5/c10-3-1-2-7(12)14-5-4-6(11)9-8(5)13/h3,5H,1-2,4H2,(H,9,11,13). The van der Waals surface area contributed by atoms with Gasteiger partial charge in [-0.05, 0) is 0 Å². The number of aldehydes is 1. The Bertz CT molecular complexity index is 285. The van der Waals surface area contributed by atoms with Crippen molar-refractivity contribution in [2.75, 3.05) is 0 Å². The van der Waals surface area contributed by atoms with E-state index in [-0.39, 0.29) is 19.3 Å². The summed E-state index contributed by atoms with van der Waals surface area (Å²) in [5.41, 5.74) is 0. The molecule has 6 nitrogen and oxygen atoms in total. The molecule has 1 rings (SSSR count). The lowest BCUT2D eigenvalue weighted by Crippen LogP contribution is -2.28. The Morgan fingerprint density at radius 2 is 2.29 bits per heavy atom. The van der Waals surface area contributed by atoms with Gasteiger partial charge in [0.15, 0.2) is 6.10 Å². The first kappa shape index (κ1) is 10.4. The number of carbonyl (C=O) groups excluding carboxylic acids is 4. The lowest BCUT2D eigenvalue weighted by molar-refractivity contribution is -0.154. The second kappa shape index (κ2) is 4.50. The molecule has 0 aromatic rings. The Kier molecular flexibility index (Phi) is 3.33. The van der Waals surface area contributed by atoms with Crippen LogP contribution in [0, 0.1) is 0 Å². The van der Waals surface area contributed by atoms with Crippen molar-refractivity contribution >= 4 is 24.1 Å². The van der Waals surface area contributed by atoms with Gasteiger partial charge in [-0.15, -0.1) is 0 Å². The highest BCUT2D eigenvalue weighted by molar-refractivity contribution is 6.05. The van der Waals surface area contributed by atoms with Crippen LogP contribution in [-0.4, -0.2) is 30.2 Å². The highest BCUT2D eigenvalue weighted by atomic mass is 16.5. The lowest BCUT2D eigenvalue weighted by Gasteiger charge is -2.06. The Morgan fingerprint density at radius 1 is 1.57 bits per heavy atom. The summed E-state index contributed by atoms with van der Waals surface area (Å²) >= 11 is 0. The maximum Gasteiger partial charge on any atom is 0.307 e. The third-order valence-electron chi connectivity index (χ3n) is 1.67. The number of hydrogen-bond acceptors (Lipinski definition) is 5. The molecule has 1 heterocycles. The summed E-state index contributed by atoms with van der Waals surface area (Å²) in [4.78, 5) is 42.5. The first-order valence-corrected chi connectivity index (χ1v) is 4.10. The fourth-order valence-corrected chi connectivity index (χ4v) is 1.02. The number of nitrogens with one attached hydrogen (secondary N) is 1. The molecule has 1 aliphatic rings. The molecule has 2 amide bonds. The van der Waals surface area contributed by atoms with Crippen LogP contribution in [0.25, 0.3) is 0 Å². The highest BCUT2D eigenvalue weighted by Crippen LogP contribution is 2.07. The number of esters is 1. The average molecular weight is 199 g/mol. The second-order valence-electron chi connectivity index (χ2n) is 2.80.